The molecular weight excluding hydrogens is 196 g/mol. The first kappa shape index (κ1) is 13.7. The van der Waals surface area contributed by atoms with Gasteiger partial charge in [0.05, 0.1) is 21.1 Å². The van der Waals surface area contributed by atoms with E-state index in [1.165, 1.54) is 4.90 Å². The minimum atomic E-state index is -0.360. The van der Waals surface area contributed by atoms with E-state index in [2.05, 4.69) is 0 Å². The predicted octanol–water partition coefficient (Wildman–Crippen LogP) is -0.939. The van der Waals surface area contributed by atoms with Gasteiger partial charge in [0, 0.05) is 7.05 Å². The van der Waals surface area contributed by atoms with E-state index in [0.717, 1.165) is 11.0 Å². The Morgan fingerprint density at radius 2 is 2.00 bits per heavy atom. The number of likely N-dealkylation sites (N-methyl/N-ethyl adjacent to an activating group) is 2. The summed E-state index contributed by atoms with van der Waals surface area (Å²) in [6.45, 7) is 1.16. The van der Waals surface area contributed by atoms with Gasteiger partial charge < -0.3 is 19.9 Å². The maximum absolute atomic E-state index is 11.2. The number of hydrogen-bond donors (Lipinski definition) is 2. The number of quaternary nitrogens is 1. The second kappa shape index (κ2) is 5.55. The highest BCUT2D eigenvalue weighted by Crippen LogP contribution is 1.91. The molecule has 6 nitrogen and oxygen atoms in total. The Labute approximate surface area is 90.7 Å². The van der Waals surface area contributed by atoms with Crippen molar-refractivity contribution >= 4 is 11.9 Å². The Morgan fingerprint density at radius 1 is 1.47 bits per heavy atom. The van der Waals surface area contributed by atoms with Gasteiger partial charge in [-0.05, 0) is 0 Å². The van der Waals surface area contributed by atoms with E-state index < -0.39 is 0 Å². The Balaban J connectivity index is 3.72. The van der Waals surface area contributed by atoms with Crippen molar-refractivity contribution < 1.29 is 14.0 Å². The van der Waals surface area contributed by atoms with Crippen molar-refractivity contribution in [3.05, 3.63) is 0 Å². The summed E-state index contributed by atoms with van der Waals surface area (Å²) in [6, 6.07) is 0. The number of carbonyl (C=O) groups is 1. The fraction of sp³-hybridized carbons (Fsp3) is 0.778. The van der Waals surface area contributed by atoms with Gasteiger partial charge in [-0.3, -0.25) is 10.2 Å². The molecule has 0 aliphatic rings. The van der Waals surface area contributed by atoms with Crippen LogP contribution >= 0.6 is 0 Å². The highest BCUT2D eigenvalue weighted by atomic mass is 16.5. The summed E-state index contributed by atoms with van der Waals surface area (Å²) < 4.78 is 5.74. The van der Waals surface area contributed by atoms with Crippen LogP contribution in [-0.4, -0.2) is 69.2 Å². The lowest BCUT2D eigenvalue weighted by atomic mass is 10.5. The summed E-state index contributed by atoms with van der Waals surface area (Å²) in [7, 11) is 7.64. The zero-order valence-electron chi connectivity index (χ0n) is 9.91. The lowest BCUT2D eigenvalue weighted by Crippen LogP contribution is -2.40. The van der Waals surface area contributed by atoms with Crippen LogP contribution in [0.15, 0.2) is 0 Å². The second-order valence-electron chi connectivity index (χ2n) is 4.48. The number of ether oxygens (including phenoxy) is 1. The minimum Gasteiger partial charge on any atom is -0.458 e. The fourth-order valence-electron chi connectivity index (χ4n) is 0.758. The van der Waals surface area contributed by atoms with Crippen LogP contribution < -0.4 is 5.73 Å². The molecule has 0 rings (SSSR count). The molecule has 0 aliphatic carbocycles. The molecule has 0 aromatic rings. The average molecular weight is 217 g/mol. The number of nitrogens with two attached hydrogens (primary N) is 1. The number of rotatable bonds is 5. The summed E-state index contributed by atoms with van der Waals surface area (Å²) in [6.07, 6.45) is 0. The molecule has 0 bridgehead atoms. The molecule has 3 N–H and O–H groups in total. The molecule has 0 amide bonds. The monoisotopic (exact) mass is 217 g/mol. The van der Waals surface area contributed by atoms with Crippen molar-refractivity contribution in [1.29, 1.82) is 5.41 Å². The standard InChI is InChI=1S/C9H21N4O2/c1-12(9(10)11)7-8(14)15-6-5-13(2,3)4/h5-7H2,1-4H3,(H3,10,11)/q+1. The van der Waals surface area contributed by atoms with Crippen LogP contribution in [0.3, 0.4) is 0 Å². The van der Waals surface area contributed by atoms with E-state index in [4.69, 9.17) is 15.9 Å². The molecule has 0 saturated heterocycles. The highest BCUT2D eigenvalue weighted by molar-refractivity contribution is 5.80. The minimum absolute atomic E-state index is 0.0203. The van der Waals surface area contributed by atoms with E-state index in [0.29, 0.717) is 6.61 Å². The van der Waals surface area contributed by atoms with Crippen LogP contribution in [0.5, 0.6) is 0 Å². The van der Waals surface area contributed by atoms with Gasteiger partial charge in [0.25, 0.3) is 0 Å². The zero-order chi connectivity index (χ0) is 12.1. The van der Waals surface area contributed by atoms with Gasteiger partial charge in [0.15, 0.2) is 5.96 Å². The van der Waals surface area contributed by atoms with Gasteiger partial charge in [0.2, 0.25) is 0 Å². The molecule has 6 heteroatoms. The van der Waals surface area contributed by atoms with Crippen molar-refractivity contribution in [3.8, 4) is 0 Å². The summed E-state index contributed by atoms with van der Waals surface area (Å²) in [4.78, 5) is 12.5. The maximum Gasteiger partial charge on any atom is 0.325 e. The molecule has 0 unspecified atom stereocenters. The van der Waals surface area contributed by atoms with Crippen LogP contribution in [0.1, 0.15) is 0 Å². The molecule has 0 saturated carbocycles. The highest BCUT2D eigenvalue weighted by Gasteiger charge is 2.11. The van der Waals surface area contributed by atoms with E-state index in [-0.39, 0.29) is 18.5 Å². The summed E-state index contributed by atoms with van der Waals surface area (Å²) >= 11 is 0. The molecule has 15 heavy (non-hydrogen) atoms. The number of hydrogen-bond acceptors (Lipinski definition) is 3. The molecule has 0 aliphatic heterocycles. The van der Waals surface area contributed by atoms with Gasteiger partial charge in [-0.25, -0.2) is 0 Å². The van der Waals surface area contributed by atoms with Crippen molar-refractivity contribution in [1.82, 2.24) is 4.90 Å². The van der Waals surface area contributed by atoms with Gasteiger partial charge >= 0.3 is 5.97 Å². The first-order valence-corrected chi connectivity index (χ1v) is 4.73. The summed E-state index contributed by atoms with van der Waals surface area (Å²) in [5, 5.41) is 7.06. The molecule has 0 aromatic carbocycles. The Kier molecular flexibility index (Phi) is 5.07. The topological polar surface area (TPSA) is 79.4 Å². The number of nitrogens with zero attached hydrogens (tertiary/aromatic N) is 2. The molecule has 0 heterocycles. The SMILES string of the molecule is CN(CC(=O)OCC[N+](C)(C)C)C(=N)N. The first-order valence-electron chi connectivity index (χ1n) is 4.73. The van der Waals surface area contributed by atoms with E-state index in [1.54, 1.807) is 7.05 Å². The predicted molar refractivity (Wildman–Crippen MR) is 58.4 cm³/mol. The van der Waals surface area contributed by atoms with Gasteiger partial charge in [0.1, 0.15) is 19.7 Å². The fourth-order valence-corrected chi connectivity index (χ4v) is 0.758. The third-order valence-electron chi connectivity index (χ3n) is 1.80. The quantitative estimate of drug-likeness (QED) is 0.270. The summed E-state index contributed by atoms with van der Waals surface area (Å²) in [5.74, 6) is -0.500. The molecule has 0 radical (unpaired) electrons. The number of esters is 1. The zero-order valence-corrected chi connectivity index (χ0v) is 9.91. The molecule has 0 atom stereocenters. The van der Waals surface area contributed by atoms with Gasteiger partial charge in [-0.2, -0.15) is 0 Å². The molecule has 0 aromatic heterocycles. The van der Waals surface area contributed by atoms with Crippen LogP contribution in [0.2, 0.25) is 0 Å². The normalized spacial score (nSPS) is 10.9. The molecule has 0 spiro atoms. The van der Waals surface area contributed by atoms with Crippen LogP contribution in [0, 0.1) is 5.41 Å². The second-order valence-corrected chi connectivity index (χ2v) is 4.48. The Bertz CT molecular complexity index is 235. The average Bonchev–Trinajstić information content (AvgIpc) is 2.01. The largest absolute Gasteiger partial charge is 0.458 e. The van der Waals surface area contributed by atoms with Gasteiger partial charge in [-0.1, -0.05) is 0 Å². The smallest absolute Gasteiger partial charge is 0.325 e. The van der Waals surface area contributed by atoms with Crippen LogP contribution in [0.25, 0.3) is 0 Å². The lowest BCUT2D eigenvalue weighted by molar-refractivity contribution is -0.870. The number of carbonyl (C=O) groups excluding carboxylic acids is 1. The first-order chi connectivity index (χ1) is 6.72. The molecule has 0 fully saturated rings. The van der Waals surface area contributed by atoms with E-state index in [1.807, 2.05) is 21.1 Å². The van der Waals surface area contributed by atoms with E-state index in [9.17, 15) is 4.79 Å². The molecular formula is C9H21N4O2+. The Hall–Kier alpha value is -1.30. The van der Waals surface area contributed by atoms with Crippen molar-refractivity contribution in [2.24, 2.45) is 5.73 Å². The third-order valence-corrected chi connectivity index (χ3v) is 1.80. The van der Waals surface area contributed by atoms with Crippen molar-refractivity contribution in [2.75, 3.05) is 47.9 Å². The van der Waals surface area contributed by atoms with E-state index >= 15 is 0 Å². The lowest BCUT2D eigenvalue weighted by Gasteiger charge is -2.23. The molecule has 88 valence electrons. The van der Waals surface area contributed by atoms with Crippen molar-refractivity contribution in [3.63, 3.8) is 0 Å². The summed E-state index contributed by atoms with van der Waals surface area (Å²) in [5.41, 5.74) is 5.18. The number of guanidine groups is 1. The number of nitrogens with one attached hydrogen (secondary N) is 1. The van der Waals surface area contributed by atoms with Crippen molar-refractivity contribution in [2.45, 2.75) is 0 Å². The van der Waals surface area contributed by atoms with Crippen LogP contribution in [0.4, 0.5) is 0 Å². The maximum atomic E-state index is 11.2. The van der Waals surface area contributed by atoms with Crippen LogP contribution in [-0.2, 0) is 9.53 Å². The van der Waals surface area contributed by atoms with Gasteiger partial charge in [-0.15, -0.1) is 0 Å². The Morgan fingerprint density at radius 3 is 2.40 bits per heavy atom. The third kappa shape index (κ3) is 7.75.